The van der Waals surface area contributed by atoms with Crippen molar-refractivity contribution in [3.05, 3.63) is 22.4 Å². The molecule has 1 saturated heterocycles. The first-order valence-corrected chi connectivity index (χ1v) is 7.84. The van der Waals surface area contributed by atoms with Crippen LogP contribution in [0.4, 0.5) is 0 Å². The number of aryl methyl sites for hydroxylation is 1. The highest BCUT2D eigenvalue weighted by atomic mass is 32.2. The normalized spacial score (nSPS) is 19.8. The Hall–Kier alpha value is -1.01. The minimum atomic E-state index is -0.897. The van der Waals surface area contributed by atoms with E-state index >= 15 is 0 Å². The second-order valence-corrected chi connectivity index (χ2v) is 6.28. The summed E-state index contributed by atoms with van der Waals surface area (Å²) in [5.74, 6) is 0.386. The molecule has 1 aliphatic heterocycles. The van der Waals surface area contributed by atoms with Gasteiger partial charge in [-0.3, -0.25) is 4.79 Å². The number of carbonyl (C=O) groups is 2. The smallest absolute Gasteiger partial charge is 0.327 e. The van der Waals surface area contributed by atoms with E-state index in [2.05, 4.69) is 0 Å². The molecule has 1 aromatic heterocycles. The predicted molar refractivity (Wildman–Crippen MR) is 73.1 cm³/mol. The fourth-order valence-electron chi connectivity index (χ4n) is 1.94. The molecule has 0 spiro atoms. The first kappa shape index (κ1) is 13.4. The van der Waals surface area contributed by atoms with Crippen LogP contribution in [0.2, 0.25) is 0 Å². The van der Waals surface area contributed by atoms with Crippen molar-refractivity contribution in [1.82, 2.24) is 4.90 Å². The van der Waals surface area contributed by atoms with Crippen molar-refractivity contribution in [3.63, 3.8) is 0 Å². The van der Waals surface area contributed by atoms with Crippen molar-refractivity contribution in [1.29, 1.82) is 0 Å². The molecule has 1 N–H and O–H groups in total. The first-order chi connectivity index (χ1) is 8.68. The molecular weight excluding hydrogens is 270 g/mol. The lowest BCUT2D eigenvalue weighted by atomic mass is 10.2. The molecule has 2 rings (SSSR count). The molecule has 0 bridgehead atoms. The number of rotatable bonds is 4. The highest BCUT2D eigenvalue weighted by Gasteiger charge is 2.31. The zero-order chi connectivity index (χ0) is 13.0. The molecule has 0 saturated carbocycles. The Morgan fingerprint density at radius 3 is 3.00 bits per heavy atom. The number of carboxylic acid groups (broad SMARTS) is 1. The lowest BCUT2D eigenvalue weighted by Crippen LogP contribution is -2.50. The van der Waals surface area contributed by atoms with Crippen LogP contribution >= 0.6 is 23.1 Å². The number of carboxylic acids is 1. The van der Waals surface area contributed by atoms with Gasteiger partial charge in [0.2, 0.25) is 5.91 Å². The standard InChI is InChI=1S/C12H15NO3S2/c14-11(4-3-9-2-1-6-18-9)13-5-7-17-8-10(13)12(15)16/h1-2,6,10H,3-5,7-8H2,(H,15,16). The maximum atomic E-state index is 12.1. The van der Waals surface area contributed by atoms with Gasteiger partial charge < -0.3 is 10.0 Å². The Labute approximate surface area is 114 Å². The van der Waals surface area contributed by atoms with E-state index in [4.69, 9.17) is 5.11 Å². The van der Waals surface area contributed by atoms with Gasteiger partial charge in [0.1, 0.15) is 6.04 Å². The molecule has 98 valence electrons. The van der Waals surface area contributed by atoms with Crippen molar-refractivity contribution in [3.8, 4) is 0 Å². The van der Waals surface area contributed by atoms with E-state index in [1.54, 1.807) is 23.1 Å². The van der Waals surface area contributed by atoms with Crippen LogP contribution in [0.5, 0.6) is 0 Å². The summed E-state index contributed by atoms with van der Waals surface area (Å²) in [6.45, 7) is 0.547. The van der Waals surface area contributed by atoms with Gasteiger partial charge in [0.05, 0.1) is 0 Å². The van der Waals surface area contributed by atoms with Crippen LogP contribution in [-0.4, -0.2) is 46.0 Å². The highest BCUT2D eigenvalue weighted by Crippen LogP contribution is 2.19. The average Bonchev–Trinajstić information content (AvgIpc) is 2.89. The van der Waals surface area contributed by atoms with Gasteiger partial charge in [0.15, 0.2) is 0 Å². The molecule has 0 aliphatic carbocycles. The summed E-state index contributed by atoms with van der Waals surface area (Å²) in [5, 5.41) is 11.1. The molecule has 0 aromatic carbocycles. The van der Waals surface area contributed by atoms with E-state index in [1.165, 1.54) is 9.78 Å². The molecule has 1 aliphatic rings. The van der Waals surface area contributed by atoms with Crippen LogP contribution < -0.4 is 0 Å². The third-order valence-corrected chi connectivity index (χ3v) is 4.86. The zero-order valence-corrected chi connectivity index (χ0v) is 11.5. The summed E-state index contributed by atoms with van der Waals surface area (Å²) < 4.78 is 0. The zero-order valence-electron chi connectivity index (χ0n) is 9.87. The fourth-order valence-corrected chi connectivity index (χ4v) is 3.68. The average molecular weight is 285 g/mol. The number of thioether (sulfide) groups is 1. The molecule has 1 unspecified atom stereocenters. The number of hydrogen-bond acceptors (Lipinski definition) is 4. The molecule has 1 fully saturated rings. The summed E-state index contributed by atoms with van der Waals surface area (Å²) in [6.07, 6.45) is 1.10. The van der Waals surface area contributed by atoms with Gasteiger partial charge in [0.25, 0.3) is 0 Å². The third kappa shape index (κ3) is 3.26. The minimum Gasteiger partial charge on any atom is -0.480 e. The van der Waals surface area contributed by atoms with Crippen LogP contribution in [0.25, 0.3) is 0 Å². The third-order valence-electron chi connectivity index (χ3n) is 2.90. The topological polar surface area (TPSA) is 57.6 Å². The Morgan fingerprint density at radius 1 is 1.50 bits per heavy atom. The molecule has 1 amide bonds. The first-order valence-electron chi connectivity index (χ1n) is 5.81. The van der Waals surface area contributed by atoms with Crippen LogP contribution in [-0.2, 0) is 16.0 Å². The Kier molecular flexibility index (Phi) is 4.66. The van der Waals surface area contributed by atoms with Gasteiger partial charge in [-0.1, -0.05) is 6.07 Å². The second kappa shape index (κ2) is 6.24. The van der Waals surface area contributed by atoms with Crippen molar-refractivity contribution < 1.29 is 14.7 Å². The van der Waals surface area contributed by atoms with E-state index in [9.17, 15) is 9.59 Å². The molecule has 2 heterocycles. The largest absolute Gasteiger partial charge is 0.480 e. The number of aliphatic carboxylic acids is 1. The van der Waals surface area contributed by atoms with Gasteiger partial charge in [0, 0.05) is 29.3 Å². The van der Waals surface area contributed by atoms with Gasteiger partial charge in [-0.2, -0.15) is 11.8 Å². The lowest BCUT2D eigenvalue weighted by Gasteiger charge is -2.32. The van der Waals surface area contributed by atoms with Crippen molar-refractivity contribution in [2.45, 2.75) is 18.9 Å². The molecule has 0 radical (unpaired) electrons. The number of nitrogens with zero attached hydrogens (tertiary/aromatic N) is 1. The number of amides is 1. The van der Waals surface area contributed by atoms with Gasteiger partial charge in [-0.25, -0.2) is 4.79 Å². The van der Waals surface area contributed by atoms with Crippen molar-refractivity contribution in [2.75, 3.05) is 18.1 Å². The summed E-state index contributed by atoms with van der Waals surface area (Å²) in [5.41, 5.74) is 0. The predicted octanol–water partition coefficient (Wildman–Crippen LogP) is 1.71. The number of hydrogen-bond donors (Lipinski definition) is 1. The maximum absolute atomic E-state index is 12.1. The van der Waals surface area contributed by atoms with E-state index in [-0.39, 0.29) is 5.91 Å². The van der Waals surface area contributed by atoms with Crippen molar-refractivity contribution >= 4 is 35.0 Å². The van der Waals surface area contributed by atoms with Gasteiger partial charge in [-0.15, -0.1) is 11.3 Å². The van der Waals surface area contributed by atoms with Crippen LogP contribution in [0, 0.1) is 0 Å². The lowest BCUT2D eigenvalue weighted by molar-refractivity contribution is -0.149. The molecule has 18 heavy (non-hydrogen) atoms. The van der Waals surface area contributed by atoms with Gasteiger partial charge in [-0.05, 0) is 17.9 Å². The molecular formula is C12H15NO3S2. The second-order valence-electron chi connectivity index (χ2n) is 4.10. The Bertz CT molecular complexity index is 419. The van der Waals surface area contributed by atoms with Crippen molar-refractivity contribution in [2.24, 2.45) is 0 Å². The van der Waals surface area contributed by atoms with E-state index in [0.717, 1.165) is 5.75 Å². The summed E-state index contributed by atoms with van der Waals surface area (Å²) >= 11 is 3.22. The van der Waals surface area contributed by atoms with Crippen LogP contribution in [0.1, 0.15) is 11.3 Å². The Balaban J connectivity index is 1.92. The van der Waals surface area contributed by atoms with Crippen LogP contribution in [0.3, 0.4) is 0 Å². The maximum Gasteiger partial charge on any atom is 0.327 e. The molecule has 1 atom stereocenters. The molecule has 4 nitrogen and oxygen atoms in total. The summed E-state index contributed by atoms with van der Waals surface area (Å²) in [6, 6.07) is 3.31. The number of thiophene rings is 1. The van der Waals surface area contributed by atoms with Crippen LogP contribution in [0.15, 0.2) is 17.5 Å². The molecule has 1 aromatic rings. The summed E-state index contributed by atoms with van der Waals surface area (Å²) in [7, 11) is 0. The highest BCUT2D eigenvalue weighted by molar-refractivity contribution is 7.99. The van der Waals surface area contributed by atoms with E-state index in [1.807, 2.05) is 17.5 Å². The Morgan fingerprint density at radius 2 is 2.33 bits per heavy atom. The quantitative estimate of drug-likeness (QED) is 0.915. The minimum absolute atomic E-state index is 0.0453. The van der Waals surface area contributed by atoms with Gasteiger partial charge >= 0.3 is 5.97 Å². The summed E-state index contributed by atoms with van der Waals surface area (Å²) in [4.78, 5) is 25.9. The monoisotopic (exact) mass is 285 g/mol. The molecule has 6 heteroatoms. The number of carbonyl (C=O) groups excluding carboxylic acids is 1. The van der Waals surface area contributed by atoms with E-state index in [0.29, 0.717) is 25.1 Å². The van der Waals surface area contributed by atoms with E-state index < -0.39 is 12.0 Å². The fraction of sp³-hybridized carbons (Fsp3) is 0.500. The SMILES string of the molecule is O=C(O)C1CSCCN1C(=O)CCc1cccs1.